The molecular formula is C15H17N2+. The van der Waals surface area contributed by atoms with Crippen LogP contribution in [-0.2, 0) is 6.54 Å². The molecule has 2 nitrogen and oxygen atoms in total. The maximum atomic E-state index is 4.58. The van der Waals surface area contributed by atoms with E-state index in [-0.39, 0.29) is 0 Å². The second kappa shape index (κ2) is 3.39. The summed E-state index contributed by atoms with van der Waals surface area (Å²) < 4.78 is 2.33. The average Bonchev–Trinajstić information content (AvgIpc) is 2.56. The van der Waals surface area contributed by atoms with Crippen LogP contribution in [0.4, 0.5) is 0 Å². The van der Waals surface area contributed by atoms with Gasteiger partial charge < -0.3 is 0 Å². The number of fused-ring (bicyclic) bond motifs is 3. The maximum absolute atomic E-state index is 4.58. The van der Waals surface area contributed by atoms with Crippen molar-refractivity contribution in [2.45, 2.75) is 34.2 Å². The Balaban J connectivity index is 2.31. The van der Waals surface area contributed by atoms with E-state index in [1.165, 1.54) is 27.9 Å². The highest BCUT2D eigenvalue weighted by Crippen LogP contribution is 2.30. The maximum Gasteiger partial charge on any atom is 0.215 e. The smallest absolute Gasteiger partial charge is 0.215 e. The summed E-state index contributed by atoms with van der Waals surface area (Å²) in [6.45, 7) is 9.50. The molecule has 1 aliphatic rings. The van der Waals surface area contributed by atoms with E-state index < -0.39 is 0 Å². The monoisotopic (exact) mass is 225 g/mol. The Morgan fingerprint density at radius 1 is 1.06 bits per heavy atom. The van der Waals surface area contributed by atoms with Gasteiger partial charge in [0, 0.05) is 22.9 Å². The molecule has 0 saturated heterocycles. The largest absolute Gasteiger partial charge is 0.258 e. The number of aryl methyl sites for hydroxylation is 4. The van der Waals surface area contributed by atoms with E-state index in [0.29, 0.717) is 0 Å². The number of pyridine rings is 2. The van der Waals surface area contributed by atoms with Crippen LogP contribution in [0, 0.1) is 27.7 Å². The summed E-state index contributed by atoms with van der Waals surface area (Å²) >= 11 is 0. The lowest BCUT2D eigenvalue weighted by Gasteiger charge is -2.02. The zero-order valence-electron chi connectivity index (χ0n) is 10.8. The number of nitrogens with zero attached hydrogens (tertiary/aromatic N) is 2. The lowest BCUT2D eigenvalue weighted by Crippen LogP contribution is -2.32. The van der Waals surface area contributed by atoms with Crippen LogP contribution in [0.3, 0.4) is 0 Å². The van der Waals surface area contributed by atoms with Gasteiger partial charge in [0.15, 0.2) is 12.7 Å². The summed E-state index contributed by atoms with van der Waals surface area (Å²) in [4.78, 5) is 4.58. The van der Waals surface area contributed by atoms with E-state index in [1.807, 2.05) is 0 Å². The Hall–Kier alpha value is -1.70. The fraction of sp³-hybridized carbons (Fsp3) is 0.333. The quantitative estimate of drug-likeness (QED) is 0.537. The minimum absolute atomic E-state index is 0.982. The third-order valence-corrected chi connectivity index (χ3v) is 3.64. The van der Waals surface area contributed by atoms with Crippen LogP contribution in [-0.4, -0.2) is 4.98 Å². The van der Waals surface area contributed by atoms with Gasteiger partial charge in [-0.2, -0.15) is 4.57 Å². The van der Waals surface area contributed by atoms with E-state index in [4.69, 9.17) is 0 Å². The molecule has 2 aromatic heterocycles. The molecule has 3 rings (SSSR count). The molecule has 0 bridgehead atoms. The molecule has 0 radical (unpaired) electrons. The average molecular weight is 225 g/mol. The standard InChI is InChI=1S/C15H17N2/c1-9-5-14-15-12(4)16-11(3)6-13(15)8-17(14)7-10(9)2/h5-7H,8H2,1-4H3/q+1. The zero-order valence-corrected chi connectivity index (χ0v) is 10.8. The Labute approximate surface area is 102 Å². The predicted molar refractivity (Wildman–Crippen MR) is 67.9 cm³/mol. The van der Waals surface area contributed by atoms with Crippen LogP contribution in [0.25, 0.3) is 11.3 Å². The van der Waals surface area contributed by atoms with Gasteiger partial charge >= 0.3 is 0 Å². The van der Waals surface area contributed by atoms with E-state index in [2.05, 4.69) is 55.6 Å². The van der Waals surface area contributed by atoms with Crippen molar-refractivity contribution >= 4 is 0 Å². The van der Waals surface area contributed by atoms with Gasteiger partial charge in [0.05, 0.1) is 11.3 Å². The molecule has 0 aliphatic carbocycles. The summed E-state index contributed by atoms with van der Waals surface area (Å²) in [5.41, 5.74) is 9.01. The minimum atomic E-state index is 0.982. The first-order valence-corrected chi connectivity index (χ1v) is 6.04. The van der Waals surface area contributed by atoms with Crippen molar-refractivity contribution in [2.75, 3.05) is 0 Å². The van der Waals surface area contributed by atoms with Gasteiger partial charge in [-0.1, -0.05) is 0 Å². The number of hydrogen-bond donors (Lipinski definition) is 0. The highest BCUT2D eigenvalue weighted by molar-refractivity contribution is 5.66. The van der Waals surface area contributed by atoms with Crippen LogP contribution in [0.2, 0.25) is 0 Å². The minimum Gasteiger partial charge on any atom is -0.258 e. The molecule has 1 aliphatic heterocycles. The van der Waals surface area contributed by atoms with E-state index in [9.17, 15) is 0 Å². The lowest BCUT2D eigenvalue weighted by atomic mass is 10.0. The molecule has 0 atom stereocenters. The van der Waals surface area contributed by atoms with Crippen LogP contribution in [0.15, 0.2) is 18.3 Å². The molecular weight excluding hydrogens is 208 g/mol. The highest BCUT2D eigenvalue weighted by atomic mass is 15.0. The zero-order chi connectivity index (χ0) is 12.2. The molecule has 0 unspecified atom stereocenters. The third-order valence-electron chi connectivity index (χ3n) is 3.64. The molecule has 0 amide bonds. The number of rotatable bonds is 0. The van der Waals surface area contributed by atoms with Gasteiger partial charge in [-0.3, -0.25) is 4.98 Å². The van der Waals surface area contributed by atoms with Crippen molar-refractivity contribution in [3.63, 3.8) is 0 Å². The van der Waals surface area contributed by atoms with Crippen molar-refractivity contribution in [3.8, 4) is 11.3 Å². The number of aromatic nitrogens is 2. The van der Waals surface area contributed by atoms with Crippen LogP contribution in [0.5, 0.6) is 0 Å². The van der Waals surface area contributed by atoms with Gasteiger partial charge in [-0.15, -0.1) is 0 Å². The molecule has 0 spiro atoms. The second-order valence-corrected chi connectivity index (χ2v) is 5.04. The first kappa shape index (κ1) is 10.5. The Morgan fingerprint density at radius 2 is 1.82 bits per heavy atom. The van der Waals surface area contributed by atoms with Crippen molar-refractivity contribution in [1.29, 1.82) is 0 Å². The normalized spacial score (nSPS) is 12.5. The second-order valence-electron chi connectivity index (χ2n) is 5.04. The van der Waals surface area contributed by atoms with E-state index >= 15 is 0 Å². The van der Waals surface area contributed by atoms with Crippen molar-refractivity contribution in [1.82, 2.24) is 4.98 Å². The fourth-order valence-corrected chi connectivity index (χ4v) is 2.72. The topological polar surface area (TPSA) is 16.8 Å². The molecule has 0 saturated carbocycles. The van der Waals surface area contributed by atoms with Gasteiger partial charge in [0.25, 0.3) is 0 Å². The first-order chi connectivity index (χ1) is 8.06. The van der Waals surface area contributed by atoms with Crippen molar-refractivity contribution in [3.05, 3.63) is 46.4 Å². The van der Waals surface area contributed by atoms with Crippen molar-refractivity contribution in [2.24, 2.45) is 0 Å². The Bertz CT molecular complexity index is 627. The summed E-state index contributed by atoms with van der Waals surface area (Å²) in [6.07, 6.45) is 2.25. The number of hydrogen-bond acceptors (Lipinski definition) is 1. The Morgan fingerprint density at radius 3 is 2.59 bits per heavy atom. The van der Waals surface area contributed by atoms with E-state index in [1.54, 1.807) is 0 Å². The summed E-state index contributed by atoms with van der Waals surface area (Å²) in [6, 6.07) is 4.49. The van der Waals surface area contributed by atoms with Crippen LogP contribution in [0.1, 0.15) is 28.1 Å². The molecule has 0 N–H and O–H groups in total. The first-order valence-electron chi connectivity index (χ1n) is 6.04. The van der Waals surface area contributed by atoms with Crippen LogP contribution >= 0.6 is 0 Å². The third kappa shape index (κ3) is 1.47. The van der Waals surface area contributed by atoms with E-state index in [0.717, 1.165) is 17.9 Å². The highest BCUT2D eigenvalue weighted by Gasteiger charge is 2.29. The molecule has 17 heavy (non-hydrogen) atoms. The summed E-state index contributed by atoms with van der Waals surface area (Å²) in [7, 11) is 0. The van der Waals surface area contributed by atoms with Gasteiger partial charge in [-0.05, 0) is 39.3 Å². The van der Waals surface area contributed by atoms with Crippen LogP contribution < -0.4 is 4.57 Å². The molecule has 86 valence electrons. The molecule has 0 fully saturated rings. The fourth-order valence-electron chi connectivity index (χ4n) is 2.72. The lowest BCUT2D eigenvalue weighted by molar-refractivity contribution is -0.672. The summed E-state index contributed by atoms with van der Waals surface area (Å²) in [5.74, 6) is 0. The summed E-state index contributed by atoms with van der Waals surface area (Å²) in [5, 5.41) is 0. The molecule has 0 aromatic carbocycles. The SMILES string of the molecule is Cc1cc2c(c(C)n1)-c1cc(C)c(C)c[n+]1C2. The van der Waals surface area contributed by atoms with Gasteiger partial charge in [0.2, 0.25) is 5.69 Å². The van der Waals surface area contributed by atoms with Crippen molar-refractivity contribution < 1.29 is 4.57 Å². The molecule has 2 aromatic rings. The molecule has 3 heterocycles. The Kier molecular flexibility index (Phi) is 2.09. The molecule has 2 heteroatoms. The predicted octanol–water partition coefficient (Wildman–Crippen LogP) is 2.63. The van der Waals surface area contributed by atoms with Gasteiger partial charge in [-0.25, -0.2) is 0 Å². The van der Waals surface area contributed by atoms with Gasteiger partial charge in [0.1, 0.15) is 0 Å².